The van der Waals surface area contributed by atoms with Crippen molar-refractivity contribution in [3.63, 3.8) is 0 Å². The van der Waals surface area contributed by atoms with Gasteiger partial charge in [0.25, 0.3) is 0 Å². The van der Waals surface area contributed by atoms with Gasteiger partial charge in [-0.15, -0.1) is 0 Å². The van der Waals surface area contributed by atoms with E-state index in [9.17, 15) is 13.6 Å². The Kier molecular flexibility index (Phi) is 5.75. The molecule has 1 aliphatic rings. The fourth-order valence-electron chi connectivity index (χ4n) is 3.90. The Morgan fingerprint density at radius 1 is 1.03 bits per heavy atom. The van der Waals surface area contributed by atoms with Crippen molar-refractivity contribution in [2.24, 2.45) is 5.16 Å². The molecule has 0 fully saturated rings. The maximum Gasteiger partial charge on any atom is 0.240 e. The van der Waals surface area contributed by atoms with E-state index in [1.54, 1.807) is 37.4 Å². The van der Waals surface area contributed by atoms with Crippen molar-refractivity contribution < 1.29 is 13.6 Å². The van der Waals surface area contributed by atoms with Crippen LogP contribution in [-0.4, -0.2) is 30.9 Å². The zero-order valence-electron chi connectivity index (χ0n) is 17.2. The first-order valence-corrected chi connectivity index (χ1v) is 11.6. The number of hydrogen-bond acceptors (Lipinski definition) is 6. The molecule has 7 nitrogen and oxygen atoms in total. The maximum atomic E-state index is 12.2. The minimum absolute atomic E-state index is 0.220. The van der Waals surface area contributed by atoms with Crippen LogP contribution in [0.15, 0.2) is 64.8 Å². The predicted octanol–water partition coefficient (Wildman–Crippen LogP) is 3.81. The third kappa shape index (κ3) is 4.17. The Labute approximate surface area is 181 Å². The van der Waals surface area contributed by atoms with Gasteiger partial charge in [0, 0.05) is 29.4 Å². The lowest BCUT2D eigenvalue weighted by atomic mass is 9.87. The molecule has 1 aromatic heterocycles. The van der Waals surface area contributed by atoms with Crippen LogP contribution < -0.4 is 10.5 Å². The zero-order chi connectivity index (χ0) is 22.0. The van der Waals surface area contributed by atoms with E-state index in [0.717, 1.165) is 52.6 Å². The number of nitrogens with one attached hydrogen (secondary N) is 1. The topological polar surface area (TPSA) is 118 Å². The molecule has 160 valence electrons. The second-order valence-electron chi connectivity index (χ2n) is 7.45. The molecule has 0 unspecified atom stereocenters. The second kappa shape index (κ2) is 8.49. The van der Waals surface area contributed by atoms with Crippen LogP contribution in [0.1, 0.15) is 30.9 Å². The molecule has 1 heterocycles. The van der Waals surface area contributed by atoms with Crippen LogP contribution in [0.2, 0.25) is 0 Å². The molecule has 31 heavy (non-hydrogen) atoms. The minimum Gasteiger partial charge on any atom is -0.411 e. The van der Waals surface area contributed by atoms with Crippen molar-refractivity contribution in [3.8, 4) is 22.3 Å². The number of nitrogens with zero attached hydrogens (tertiary/aromatic N) is 2. The smallest absolute Gasteiger partial charge is 0.240 e. The number of nitrogen functional groups attached to an aromatic ring is 1. The van der Waals surface area contributed by atoms with E-state index in [1.165, 1.54) is 0 Å². The maximum absolute atomic E-state index is 12.2. The number of oxime groups is 1. The van der Waals surface area contributed by atoms with Crippen molar-refractivity contribution in [2.45, 2.75) is 31.1 Å². The van der Waals surface area contributed by atoms with Gasteiger partial charge < -0.3 is 10.9 Å². The summed E-state index contributed by atoms with van der Waals surface area (Å²) in [5, 5.41) is 12.7. The third-order valence-corrected chi connectivity index (χ3v) is 7.02. The van der Waals surface area contributed by atoms with Gasteiger partial charge in [-0.3, -0.25) is 0 Å². The highest BCUT2D eigenvalue weighted by molar-refractivity contribution is 7.89. The van der Waals surface area contributed by atoms with Crippen LogP contribution in [0.4, 0.5) is 5.82 Å². The van der Waals surface area contributed by atoms with Gasteiger partial charge in [-0.1, -0.05) is 42.4 Å². The van der Waals surface area contributed by atoms with Crippen LogP contribution in [0.5, 0.6) is 0 Å². The Bertz CT molecular complexity index is 1250. The lowest BCUT2D eigenvalue weighted by Gasteiger charge is -2.18. The zero-order valence-corrected chi connectivity index (χ0v) is 18.0. The highest BCUT2D eigenvalue weighted by atomic mass is 32.2. The van der Waals surface area contributed by atoms with Gasteiger partial charge in [0.1, 0.15) is 5.82 Å². The lowest BCUT2D eigenvalue weighted by molar-refractivity contribution is 0.317. The van der Waals surface area contributed by atoms with E-state index in [2.05, 4.69) is 20.9 Å². The number of benzene rings is 2. The molecule has 0 saturated heterocycles. The van der Waals surface area contributed by atoms with E-state index < -0.39 is 10.0 Å². The number of aryl methyl sites for hydroxylation is 1. The van der Waals surface area contributed by atoms with E-state index in [0.29, 0.717) is 18.1 Å². The van der Waals surface area contributed by atoms with E-state index >= 15 is 0 Å². The second-order valence-corrected chi connectivity index (χ2v) is 9.22. The third-order valence-electron chi connectivity index (χ3n) is 5.46. The van der Waals surface area contributed by atoms with Crippen molar-refractivity contribution in [2.75, 3.05) is 12.3 Å². The Hall–Kier alpha value is -3.23. The molecule has 3 aromatic rings. The van der Waals surface area contributed by atoms with Crippen molar-refractivity contribution in [1.29, 1.82) is 0 Å². The molecule has 2 aromatic carbocycles. The average molecular weight is 437 g/mol. The lowest BCUT2D eigenvalue weighted by Crippen LogP contribution is -2.22. The fourth-order valence-corrected chi connectivity index (χ4v) is 4.94. The van der Waals surface area contributed by atoms with Gasteiger partial charge in [0.15, 0.2) is 0 Å². The molecular weight excluding hydrogens is 412 g/mol. The molecule has 0 bridgehead atoms. The first-order valence-electron chi connectivity index (χ1n) is 10.1. The number of rotatable bonds is 5. The summed E-state index contributed by atoms with van der Waals surface area (Å²) in [6.45, 7) is 2.08. The Balaban J connectivity index is 1.70. The molecule has 1 aliphatic carbocycles. The number of hydrogen-bond donors (Lipinski definition) is 3. The first kappa shape index (κ1) is 21.0. The normalized spacial score (nSPS) is 15.1. The summed E-state index contributed by atoms with van der Waals surface area (Å²) in [6.07, 6.45) is 4.30. The summed E-state index contributed by atoms with van der Waals surface area (Å²) in [7, 11) is -3.50. The summed E-state index contributed by atoms with van der Waals surface area (Å²) in [6, 6.07) is 14.6. The summed E-state index contributed by atoms with van der Waals surface area (Å²) < 4.78 is 26.8. The summed E-state index contributed by atoms with van der Waals surface area (Å²) in [5.74, 6) is 0.418. The van der Waals surface area contributed by atoms with Gasteiger partial charge in [-0.05, 0) is 54.2 Å². The number of nitrogens with two attached hydrogens (primary N) is 1. The predicted molar refractivity (Wildman–Crippen MR) is 122 cm³/mol. The molecule has 4 N–H and O–H groups in total. The molecule has 8 heteroatoms. The molecule has 0 amide bonds. The monoisotopic (exact) mass is 436 g/mol. The molecule has 0 saturated carbocycles. The van der Waals surface area contributed by atoms with Crippen molar-refractivity contribution in [1.82, 2.24) is 9.71 Å². The fraction of sp³-hybridized carbons (Fsp3) is 0.217. The quantitative estimate of drug-likeness (QED) is 0.415. The largest absolute Gasteiger partial charge is 0.411 e. The Morgan fingerprint density at radius 3 is 2.48 bits per heavy atom. The van der Waals surface area contributed by atoms with Crippen LogP contribution in [0.3, 0.4) is 0 Å². The number of sulfonamides is 1. The highest BCUT2D eigenvalue weighted by Crippen LogP contribution is 2.33. The van der Waals surface area contributed by atoms with Gasteiger partial charge >= 0.3 is 0 Å². The molecule has 0 aliphatic heterocycles. The number of pyridine rings is 1. The van der Waals surface area contributed by atoms with E-state index in [1.807, 2.05) is 18.2 Å². The van der Waals surface area contributed by atoms with E-state index in [-0.39, 0.29) is 4.90 Å². The first-order chi connectivity index (χ1) is 14.9. The van der Waals surface area contributed by atoms with Gasteiger partial charge in [0.2, 0.25) is 10.0 Å². The standard InChI is InChI=1S/C23H24N4O3S/c1-2-26-31(29,30)19-9-6-15(7-10-19)18-13-21(23(24)25-14-18)17-8-11-20-16(12-17)4-3-5-22(20)27-28/h6-14,26,28H,2-5H2,1H3,(H2,24,25)/b27-22+. The summed E-state index contributed by atoms with van der Waals surface area (Å²) in [4.78, 5) is 4.58. The van der Waals surface area contributed by atoms with Crippen molar-refractivity contribution in [3.05, 3.63) is 65.9 Å². The highest BCUT2D eigenvalue weighted by Gasteiger charge is 2.18. The molecule has 0 atom stereocenters. The minimum atomic E-state index is -3.50. The molecule has 0 spiro atoms. The van der Waals surface area contributed by atoms with Gasteiger partial charge in [-0.2, -0.15) is 0 Å². The molecule has 4 rings (SSSR count). The van der Waals surface area contributed by atoms with Crippen LogP contribution >= 0.6 is 0 Å². The van der Waals surface area contributed by atoms with Crippen molar-refractivity contribution >= 4 is 21.6 Å². The van der Waals surface area contributed by atoms with Gasteiger partial charge in [0.05, 0.1) is 10.6 Å². The Morgan fingerprint density at radius 2 is 1.77 bits per heavy atom. The molecular formula is C23H24N4O3S. The number of anilines is 1. The summed E-state index contributed by atoms with van der Waals surface area (Å²) in [5.41, 5.74) is 12.4. The van der Waals surface area contributed by atoms with Gasteiger partial charge in [-0.25, -0.2) is 18.1 Å². The van der Waals surface area contributed by atoms with Crippen LogP contribution in [-0.2, 0) is 16.4 Å². The number of aromatic nitrogens is 1. The summed E-state index contributed by atoms with van der Waals surface area (Å²) >= 11 is 0. The SMILES string of the molecule is CCNS(=O)(=O)c1ccc(-c2cnc(N)c(-c3ccc4c(c3)CCC/C4=N\O)c2)cc1. The molecule has 0 radical (unpaired) electrons. The van der Waals surface area contributed by atoms with Crippen LogP contribution in [0, 0.1) is 0 Å². The van der Waals surface area contributed by atoms with Crippen LogP contribution in [0.25, 0.3) is 22.3 Å². The van der Waals surface area contributed by atoms with E-state index in [4.69, 9.17) is 5.73 Å². The number of fused-ring (bicyclic) bond motifs is 1. The average Bonchev–Trinajstić information content (AvgIpc) is 2.78.